The van der Waals surface area contributed by atoms with Crippen molar-refractivity contribution in [2.24, 2.45) is 0 Å². The Balaban J connectivity index is 1.49. The van der Waals surface area contributed by atoms with E-state index in [1.807, 2.05) is 17.6 Å². The smallest absolute Gasteiger partial charge is 0.348 e. The number of benzene rings is 1. The van der Waals surface area contributed by atoms with Crippen molar-refractivity contribution < 1.29 is 18.7 Å². The molecular weight excluding hydrogens is 377 g/mol. The molecule has 2 heterocycles. The molecule has 4 nitrogen and oxygen atoms in total. The van der Waals surface area contributed by atoms with Crippen LogP contribution in [0.4, 0.5) is 4.39 Å². The van der Waals surface area contributed by atoms with E-state index in [0.29, 0.717) is 21.8 Å². The summed E-state index contributed by atoms with van der Waals surface area (Å²) in [5, 5.41) is 0. The van der Waals surface area contributed by atoms with Gasteiger partial charge in [0.15, 0.2) is 6.61 Å². The zero-order chi connectivity index (χ0) is 19.8. The lowest BCUT2D eigenvalue weighted by Crippen LogP contribution is -2.14. The predicted octanol–water partition coefficient (Wildman–Crippen LogP) is 4.82. The van der Waals surface area contributed by atoms with E-state index in [0.717, 1.165) is 25.0 Å². The lowest BCUT2D eigenvalue weighted by molar-refractivity contribution is 0.0479. The van der Waals surface area contributed by atoms with Gasteiger partial charge in [-0.3, -0.25) is 4.79 Å². The van der Waals surface area contributed by atoms with E-state index in [9.17, 15) is 14.0 Å². The minimum atomic E-state index is -0.452. The number of esters is 1. The Labute approximate surface area is 166 Å². The molecule has 0 amide bonds. The largest absolute Gasteiger partial charge is 0.453 e. The van der Waals surface area contributed by atoms with Crippen molar-refractivity contribution in [2.75, 3.05) is 6.61 Å². The summed E-state index contributed by atoms with van der Waals surface area (Å²) in [6, 6.07) is 9.85. The third-order valence-electron chi connectivity index (χ3n) is 5.08. The number of aryl methyl sites for hydroxylation is 3. The molecule has 1 aromatic carbocycles. The van der Waals surface area contributed by atoms with Crippen LogP contribution < -0.4 is 0 Å². The number of carbonyl (C=O) groups is 2. The van der Waals surface area contributed by atoms with Crippen molar-refractivity contribution in [1.82, 2.24) is 4.57 Å². The summed E-state index contributed by atoms with van der Waals surface area (Å²) in [7, 11) is 0. The van der Waals surface area contributed by atoms with Crippen molar-refractivity contribution in [3.8, 4) is 5.69 Å². The highest BCUT2D eigenvalue weighted by molar-refractivity contribution is 7.14. The molecule has 6 heteroatoms. The maximum absolute atomic E-state index is 13.6. The van der Waals surface area contributed by atoms with E-state index in [2.05, 4.69) is 0 Å². The first-order valence-electron chi connectivity index (χ1n) is 9.21. The van der Waals surface area contributed by atoms with Crippen molar-refractivity contribution >= 4 is 23.1 Å². The number of ketones is 1. The van der Waals surface area contributed by atoms with Gasteiger partial charge in [0, 0.05) is 27.5 Å². The minimum Gasteiger partial charge on any atom is -0.453 e. The first-order valence-corrected chi connectivity index (χ1v) is 10.0. The van der Waals surface area contributed by atoms with E-state index in [4.69, 9.17) is 4.74 Å². The molecule has 144 valence electrons. The number of fused-ring (bicyclic) bond motifs is 1. The van der Waals surface area contributed by atoms with Gasteiger partial charge in [0.25, 0.3) is 0 Å². The van der Waals surface area contributed by atoms with E-state index >= 15 is 0 Å². The van der Waals surface area contributed by atoms with Crippen LogP contribution >= 0.6 is 11.3 Å². The molecule has 28 heavy (non-hydrogen) atoms. The van der Waals surface area contributed by atoms with E-state index in [1.165, 1.54) is 33.9 Å². The molecule has 3 aromatic rings. The van der Waals surface area contributed by atoms with Crippen LogP contribution in [0.1, 0.15) is 48.3 Å². The fourth-order valence-electron chi connectivity index (χ4n) is 3.77. The number of aromatic nitrogens is 1. The first-order chi connectivity index (χ1) is 13.4. The van der Waals surface area contributed by atoms with Crippen LogP contribution in [-0.4, -0.2) is 22.9 Å². The molecule has 1 aliphatic carbocycles. The van der Waals surface area contributed by atoms with Gasteiger partial charge in [0.1, 0.15) is 10.7 Å². The van der Waals surface area contributed by atoms with Crippen LogP contribution in [0.5, 0.6) is 0 Å². The van der Waals surface area contributed by atoms with E-state index in [1.54, 1.807) is 25.1 Å². The highest BCUT2D eigenvalue weighted by Crippen LogP contribution is 2.31. The SMILES string of the molecule is Cc1cc(C(=O)COC(=O)c2cc3c(s2)CCC3)c(C)n1-c1cccc(F)c1. The normalized spacial score (nSPS) is 12.8. The zero-order valence-electron chi connectivity index (χ0n) is 15.8. The van der Waals surface area contributed by atoms with Crippen LogP contribution in [0.2, 0.25) is 0 Å². The summed E-state index contributed by atoms with van der Waals surface area (Å²) < 4.78 is 20.7. The van der Waals surface area contributed by atoms with Gasteiger partial charge in [-0.2, -0.15) is 0 Å². The Bertz CT molecular complexity index is 1060. The summed E-state index contributed by atoms with van der Waals surface area (Å²) in [5.41, 5.74) is 3.86. The quantitative estimate of drug-likeness (QED) is 0.458. The maximum atomic E-state index is 13.6. The second kappa shape index (κ2) is 7.36. The molecule has 0 unspecified atom stereocenters. The number of thiophene rings is 1. The average molecular weight is 397 g/mol. The predicted molar refractivity (Wildman–Crippen MR) is 106 cm³/mol. The molecule has 0 saturated heterocycles. The molecule has 0 radical (unpaired) electrons. The van der Waals surface area contributed by atoms with Crippen molar-refractivity contribution in [2.45, 2.75) is 33.1 Å². The van der Waals surface area contributed by atoms with Crippen LogP contribution in [0.15, 0.2) is 36.4 Å². The molecular formula is C22H20FNO3S. The monoisotopic (exact) mass is 397 g/mol. The summed E-state index contributed by atoms with van der Waals surface area (Å²) in [5.74, 6) is -1.06. The summed E-state index contributed by atoms with van der Waals surface area (Å²) in [6.07, 6.45) is 3.15. The van der Waals surface area contributed by atoms with Crippen LogP contribution in [0, 0.1) is 19.7 Å². The Hall–Kier alpha value is -2.73. The number of carbonyl (C=O) groups excluding carboxylic acids is 2. The van der Waals surface area contributed by atoms with E-state index < -0.39 is 5.97 Å². The molecule has 4 rings (SSSR count). The molecule has 0 atom stereocenters. The van der Waals surface area contributed by atoms with Gasteiger partial charge < -0.3 is 9.30 Å². The summed E-state index contributed by atoms with van der Waals surface area (Å²) in [6.45, 7) is 3.35. The molecule has 0 bridgehead atoms. The number of Topliss-reactive ketones (excluding diaryl/α,β-unsaturated/α-hetero) is 1. The second-order valence-corrected chi connectivity index (χ2v) is 8.15. The molecule has 0 fully saturated rings. The number of hydrogen-bond acceptors (Lipinski definition) is 4. The molecule has 0 saturated carbocycles. The van der Waals surface area contributed by atoms with Crippen LogP contribution in [0.3, 0.4) is 0 Å². The molecule has 2 aromatic heterocycles. The third kappa shape index (κ3) is 3.40. The second-order valence-electron chi connectivity index (χ2n) is 7.01. The maximum Gasteiger partial charge on any atom is 0.348 e. The number of ether oxygens (including phenoxy) is 1. The summed E-state index contributed by atoms with van der Waals surface area (Å²) in [4.78, 5) is 26.7. The van der Waals surface area contributed by atoms with Gasteiger partial charge in [-0.15, -0.1) is 11.3 Å². The van der Waals surface area contributed by atoms with Gasteiger partial charge in [0.2, 0.25) is 5.78 Å². The highest BCUT2D eigenvalue weighted by Gasteiger charge is 2.22. The van der Waals surface area contributed by atoms with Crippen LogP contribution in [0.25, 0.3) is 5.69 Å². The van der Waals surface area contributed by atoms with Gasteiger partial charge in [0.05, 0.1) is 0 Å². The third-order valence-corrected chi connectivity index (χ3v) is 6.30. The van der Waals surface area contributed by atoms with E-state index in [-0.39, 0.29) is 18.2 Å². The average Bonchev–Trinajstić information content (AvgIpc) is 3.33. The molecule has 0 N–H and O–H groups in total. The Morgan fingerprint density at radius 1 is 1.18 bits per heavy atom. The number of hydrogen-bond donors (Lipinski definition) is 0. The minimum absolute atomic E-state index is 0.270. The lowest BCUT2D eigenvalue weighted by Gasteiger charge is -2.10. The number of rotatable bonds is 5. The Morgan fingerprint density at radius 2 is 2.00 bits per heavy atom. The van der Waals surface area contributed by atoms with Crippen LogP contribution in [-0.2, 0) is 17.6 Å². The topological polar surface area (TPSA) is 48.3 Å². The molecule has 0 aliphatic heterocycles. The molecule has 0 spiro atoms. The van der Waals surface area contributed by atoms with Crippen molar-refractivity contribution in [1.29, 1.82) is 0 Å². The number of halogens is 1. The van der Waals surface area contributed by atoms with Gasteiger partial charge >= 0.3 is 5.97 Å². The zero-order valence-corrected chi connectivity index (χ0v) is 16.6. The van der Waals surface area contributed by atoms with Gasteiger partial charge in [-0.1, -0.05) is 6.07 Å². The fraction of sp³-hybridized carbons (Fsp3) is 0.273. The standard InChI is InChI=1S/C22H20FNO3S/c1-13-9-18(14(2)24(13)17-7-4-6-16(23)11-17)19(25)12-27-22(26)21-10-15-5-3-8-20(15)28-21/h4,6-7,9-11H,3,5,8,12H2,1-2H3. The Morgan fingerprint density at radius 3 is 2.75 bits per heavy atom. The fourth-order valence-corrected chi connectivity index (χ4v) is 4.91. The highest BCUT2D eigenvalue weighted by atomic mass is 32.1. The van der Waals surface area contributed by atoms with Crippen molar-refractivity contribution in [3.63, 3.8) is 0 Å². The first kappa shape index (κ1) is 18.6. The Kier molecular flexibility index (Phi) is 4.89. The molecule has 1 aliphatic rings. The van der Waals surface area contributed by atoms with Gasteiger partial charge in [-0.25, -0.2) is 9.18 Å². The summed E-state index contributed by atoms with van der Waals surface area (Å²) >= 11 is 1.46. The van der Waals surface area contributed by atoms with Crippen molar-refractivity contribution in [3.05, 3.63) is 74.5 Å². The van der Waals surface area contributed by atoms with Gasteiger partial charge in [-0.05, 0) is 69.0 Å². The lowest BCUT2D eigenvalue weighted by atomic mass is 10.1. The number of nitrogens with zero attached hydrogens (tertiary/aromatic N) is 1.